The Bertz CT molecular complexity index is 758. The van der Waals surface area contributed by atoms with Gasteiger partial charge in [0.05, 0.1) is 32.0 Å². The van der Waals surface area contributed by atoms with Gasteiger partial charge in [-0.3, -0.25) is 4.68 Å². The lowest BCUT2D eigenvalue weighted by molar-refractivity contribution is -0.0926. The summed E-state index contributed by atoms with van der Waals surface area (Å²) in [7, 11) is 0. The van der Waals surface area contributed by atoms with Gasteiger partial charge in [0.25, 0.3) is 12.3 Å². The van der Waals surface area contributed by atoms with E-state index in [1.165, 1.54) is 4.90 Å². The Morgan fingerprint density at radius 3 is 2.80 bits per heavy atom. The molecular weight excluding hydrogens is 410 g/mol. The van der Waals surface area contributed by atoms with Crippen LogP contribution in [0, 0.1) is 0 Å². The van der Waals surface area contributed by atoms with Gasteiger partial charge in [-0.2, -0.15) is 13.9 Å². The van der Waals surface area contributed by atoms with Gasteiger partial charge in [0.15, 0.2) is 0 Å². The smallest absolute Gasteiger partial charge is 0.410 e. The highest BCUT2D eigenvalue weighted by Crippen LogP contribution is 2.42. The van der Waals surface area contributed by atoms with Crippen molar-refractivity contribution < 1.29 is 36.9 Å². The molecule has 0 saturated heterocycles. The van der Waals surface area contributed by atoms with Crippen LogP contribution in [0.15, 0.2) is 0 Å². The molecule has 0 saturated carbocycles. The average molecular weight is 437 g/mol. The monoisotopic (exact) mass is 437 g/mol. The molecule has 2 aliphatic heterocycles. The summed E-state index contributed by atoms with van der Waals surface area (Å²) in [5, 5.41) is 15.0. The maximum absolute atomic E-state index is 15.0. The van der Waals surface area contributed by atoms with Crippen LogP contribution in [0.5, 0.6) is 0 Å². The average Bonchev–Trinajstić information content (AvgIpc) is 2.99. The van der Waals surface area contributed by atoms with Crippen LogP contribution in [0.25, 0.3) is 0 Å². The zero-order valence-electron chi connectivity index (χ0n) is 16.9. The number of aromatic nitrogens is 2. The molecule has 0 spiro atoms. The van der Waals surface area contributed by atoms with Crippen LogP contribution >= 0.6 is 0 Å². The molecule has 30 heavy (non-hydrogen) atoms. The van der Waals surface area contributed by atoms with Crippen molar-refractivity contribution in [3.8, 4) is 0 Å². The minimum absolute atomic E-state index is 0.0501. The third-order valence-corrected chi connectivity index (χ3v) is 5.39. The molecule has 2 aliphatic rings. The van der Waals surface area contributed by atoms with E-state index in [0.29, 0.717) is 12.2 Å². The maximum atomic E-state index is 15.0. The Kier molecular flexibility index (Phi) is 6.91. The molecule has 7 nitrogen and oxygen atoms in total. The number of ether oxygens (including phenoxy) is 2. The molecule has 11 heteroatoms. The first-order chi connectivity index (χ1) is 14.1. The number of hydrogen-bond acceptors (Lipinski definition) is 5. The second-order valence-electron chi connectivity index (χ2n) is 7.91. The topological polar surface area (TPSA) is 76.8 Å². The van der Waals surface area contributed by atoms with Crippen molar-refractivity contribution in [3.63, 3.8) is 0 Å². The van der Waals surface area contributed by atoms with E-state index in [-0.39, 0.29) is 43.8 Å². The minimum atomic E-state index is -3.29. The third kappa shape index (κ3) is 5.05. The van der Waals surface area contributed by atoms with E-state index in [0.717, 1.165) is 17.5 Å². The molecule has 1 aromatic rings. The van der Waals surface area contributed by atoms with Crippen molar-refractivity contribution in [2.24, 2.45) is 0 Å². The summed E-state index contributed by atoms with van der Waals surface area (Å²) in [6.07, 6.45) is -2.40. The zero-order chi connectivity index (χ0) is 21.9. The van der Waals surface area contributed by atoms with Gasteiger partial charge in [-0.15, -0.1) is 0 Å². The maximum Gasteiger partial charge on any atom is 0.410 e. The van der Waals surface area contributed by atoms with Gasteiger partial charge in [0, 0.05) is 24.9 Å². The van der Waals surface area contributed by atoms with Crippen molar-refractivity contribution in [1.82, 2.24) is 14.7 Å². The SMILES string of the molecule is CCCCOC(=O)N1CCc2nn3c(c2C1)C(F)(F)CCC(O)(COCC(F)F)C3. The van der Waals surface area contributed by atoms with Crippen LogP contribution in [0.3, 0.4) is 0 Å². The van der Waals surface area contributed by atoms with Crippen molar-refractivity contribution in [3.05, 3.63) is 17.0 Å². The van der Waals surface area contributed by atoms with Crippen LogP contribution < -0.4 is 0 Å². The largest absolute Gasteiger partial charge is 0.449 e. The summed E-state index contributed by atoms with van der Waals surface area (Å²) in [5.41, 5.74) is -1.37. The summed E-state index contributed by atoms with van der Waals surface area (Å²) in [5.74, 6) is -3.29. The number of carbonyl (C=O) groups excluding carboxylic acids is 1. The molecule has 170 valence electrons. The summed E-state index contributed by atoms with van der Waals surface area (Å²) >= 11 is 0. The van der Waals surface area contributed by atoms with E-state index in [4.69, 9.17) is 9.47 Å². The second-order valence-corrected chi connectivity index (χ2v) is 7.91. The standard InChI is InChI=1S/C19H27F4N3O4/c1-2-3-8-30-17(27)25-7-4-14-13(9-25)16-19(22,23)6-5-18(28,11-26(16)24-14)12-29-10-15(20)21/h15,28H,2-12H2,1H3. The first-order valence-corrected chi connectivity index (χ1v) is 10.1. The number of rotatable bonds is 7. The highest BCUT2D eigenvalue weighted by Gasteiger charge is 2.47. The zero-order valence-corrected chi connectivity index (χ0v) is 16.9. The molecule has 1 unspecified atom stereocenters. The van der Waals surface area contributed by atoms with E-state index in [2.05, 4.69) is 5.10 Å². The molecular formula is C19H27F4N3O4. The molecule has 3 heterocycles. The van der Waals surface area contributed by atoms with Crippen LogP contribution in [-0.4, -0.2) is 64.3 Å². The fourth-order valence-corrected chi connectivity index (χ4v) is 3.82. The molecule has 1 amide bonds. The number of nitrogens with zero attached hydrogens (tertiary/aromatic N) is 3. The Morgan fingerprint density at radius 2 is 2.10 bits per heavy atom. The third-order valence-electron chi connectivity index (χ3n) is 5.39. The Labute approximate surface area is 171 Å². The molecule has 0 radical (unpaired) electrons. The number of amides is 1. The number of fused-ring (bicyclic) bond motifs is 3. The van der Waals surface area contributed by atoms with Crippen LogP contribution in [0.4, 0.5) is 22.4 Å². The number of alkyl halides is 4. The van der Waals surface area contributed by atoms with E-state index >= 15 is 0 Å². The van der Waals surface area contributed by atoms with Crippen LogP contribution in [0.2, 0.25) is 0 Å². The molecule has 0 fully saturated rings. The lowest BCUT2D eigenvalue weighted by Gasteiger charge is -2.27. The van der Waals surface area contributed by atoms with E-state index in [1.54, 1.807) is 0 Å². The van der Waals surface area contributed by atoms with Crippen LogP contribution in [0.1, 0.15) is 49.6 Å². The van der Waals surface area contributed by atoms with Crippen molar-refractivity contribution in [2.45, 2.75) is 70.1 Å². The molecule has 3 rings (SSSR count). The minimum Gasteiger partial charge on any atom is -0.449 e. The predicted molar refractivity (Wildman–Crippen MR) is 97.5 cm³/mol. The van der Waals surface area contributed by atoms with E-state index in [9.17, 15) is 27.5 Å². The number of aliphatic hydroxyl groups is 1. The Hall–Kier alpha value is -1.88. The molecule has 1 aromatic heterocycles. The molecule has 1 atom stereocenters. The quantitative estimate of drug-likeness (QED) is 0.524. The van der Waals surface area contributed by atoms with Gasteiger partial charge < -0.3 is 19.5 Å². The summed E-state index contributed by atoms with van der Waals surface area (Å²) < 4.78 is 65.7. The van der Waals surface area contributed by atoms with Crippen molar-refractivity contribution in [1.29, 1.82) is 0 Å². The highest BCUT2D eigenvalue weighted by molar-refractivity contribution is 5.68. The molecule has 0 bridgehead atoms. The normalized spacial score (nSPS) is 23.1. The summed E-state index contributed by atoms with van der Waals surface area (Å²) in [6, 6.07) is 0. The number of halogens is 4. The van der Waals surface area contributed by atoms with Gasteiger partial charge in [0.1, 0.15) is 17.9 Å². The highest BCUT2D eigenvalue weighted by atomic mass is 19.3. The molecule has 0 aliphatic carbocycles. The Balaban J connectivity index is 1.79. The van der Waals surface area contributed by atoms with E-state index in [1.807, 2.05) is 6.92 Å². The number of hydrogen-bond donors (Lipinski definition) is 1. The fourth-order valence-electron chi connectivity index (χ4n) is 3.82. The predicted octanol–water partition coefficient (Wildman–Crippen LogP) is 3.08. The lowest BCUT2D eigenvalue weighted by atomic mass is 9.95. The number of carbonyl (C=O) groups is 1. The summed E-state index contributed by atoms with van der Waals surface area (Å²) in [4.78, 5) is 13.6. The molecule has 1 N–H and O–H groups in total. The first-order valence-electron chi connectivity index (χ1n) is 10.1. The lowest BCUT2D eigenvalue weighted by Crippen LogP contribution is -2.39. The summed E-state index contributed by atoms with van der Waals surface area (Å²) in [6.45, 7) is 0.809. The fraction of sp³-hybridized carbons (Fsp3) is 0.789. The van der Waals surface area contributed by atoms with Crippen molar-refractivity contribution in [2.75, 3.05) is 26.4 Å². The van der Waals surface area contributed by atoms with Gasteiger partial charge in [-0.1, -0.05) is 13.3 Å². The van der Waals surface area contributed by atoms with Crippen LogP contribution in [-0.2, 0) is 34.9 Å². The molecule has 0 aromatic carbocycles. The van der Waals surface area contributed by atoms with Gasteiger partial charge >= 0.3 is 6.09 Å². The van der Waals surface area contributed by atoms with Crippen molar-refractivity contribution >= 4 is 6.09 Å². The van der Waals surface area contributed by atoms with E-state index < -0.39 is 43.7 Å². The Morgan fingerprint density at radius 1 is 1.33 bits per heavy atom. The number of unbranched alkanes of at least 4 members (excludes halogenated alkanes) is 1. The second kappa shape index (κ2) is 9.09. The van der Waals surface area contributed by atoms with Gasteiger partial charge in [-0.05, 0) is 12.8 Å². The van der Waals surface area contributed by atoms with Gasteiger partial charge in [-0.25, -0.2) is 13.6 Å². The first kappa shape index (κ1) is 22.8. The van der Waals surface area contributed by atoms with Gasteiger partial charge in [0.2, 0.25) is 0 Å².